The predicted octanol–water partition coefficient (Wildman–Crippen LogP) is 3.45. The fraction of sp³-hybridized carbons (Fsp3) is 0.533. The maximum absolute atomic E-state index is 12.1. The molecular weight excluding hydrogens is 210 g/mol. The van der Waals surface area contributed by atoms with Gasteiger partial charge >= 0.3 is 0 Å². The van der Waals surface area contributed by atoms with Crippen molar-refractivity contribution in [3.05, 3.63) is 35.4 Å². The Morgan fingerprint density at radius 2 is 1.71 bits per heavy atom. The Hall–Kier alpha value is -1.31. The van der Waals surface area contributed by atoms with Gasteiger partial charge < -0.3 is 5.32 Å². The molecule has 1 N–H and O–H groups in total. The SMILES string of the molecule is Cc1ccc(C(=O)NC2(C)CCCCC2)cc1. The van der Waals surface area contributed by atoms with E-state index in [-0.39, 0.29) is 11.4 Å². The topological polar surface area (TPSA) is 29.1 Å². The van der Waals surface area contributed by atoms with Crippen LogP contribution < -0.4 is 5.32 Å². The first-order valence-corrected chi connectivity index (χ1v) is 6.48. The molecule has 1 saturated carbocycles. The van der Waals surface area contributed by atoms with Crippen molar-refractivity contribution in [3.8, 4) is 0 Å². The molecule has 1 fully saturated rings. The fourth-order valence-corrected chi connectivity index (χ4v) is 2.51. The third-order valence-electron chi connectivity index (χ3n) is 3.69. The fourth-order valence-electron chi connectivity index (χ4n) is 2.51. The van der Waals surface area contributed by atoms with Crippen molar-refractivity contribution >= 4 is 5.91 Å². The van der Waals surface area contributed by atoms with Crippen LogP contribution in [0.3, 0.4) is 0 Å². The first-order valence-electron chi connectivity index (χ1n) is 6.48. The van der Waals surface area contributed by atoms with Gasteiger partial charge in [-0.05, 0) is 38.8 Å². The molecule has 0 spiro atoms. The summed E-state index contributed by atoms with van der Waals surface area (Å²) in [6, 6.07) is 7.77. The summed E-state index contributed by atoms with van der Waals surface area (Å²) in [5, 5.41) is 3.19. The first kappa shape index (κ1) is 12.2. The number of amides is 1. The maximum atomic E-state index is 12.1. The highest BCUT2D eigenvalue weighted by atomic mass is 16.1. The average Bonchev–Trinajstić information content (AvgIpc) is 2.30. The molecule has 2 nitrogen and oxygen atoms in total. The minimum Gasteiger partial charge on any atom is -0.347 e. The second kappa shape index (κ2) is 4.91. The number of rotatable bonds is 2. The summed E-state index contributed by atoms with van der Waals surface area (Å²) >= 11 is 0. The van der Waals surface area contributed by atoms with Gasteiger partial charge in [-0.2, -0.15) is 0 Å². The van der Waals surface area contributed by atoms with Gasteiger partial charge in [0.05, 0.1) is 0 Å². The minimum absolute atomic E-state index is 0.000218. The van der Waals surface area contributed by atoms with Gasteiger partial charge in [0, 0.05) is 11.1 Å². The number of nitrogens with one attached hydrogen (secondary N) is 1. The number of benzene rings is 1. The predicted molar refractivity (Wildman–Crippen MR) is 70.1 cm³/mol. The molecule has 0 aromatic heterocycles. The van der Waals surface area contributed by atoms with Crippen molar-refractivity contribution in [2.24, 2.45) is 0 Å². The molecule has 0 unspecified atom stereocenters. The molecule has 1 aromatic carbocycles. The van der Waals surface area contributed by atoms with Crippen molar-refractivity contribution in [3.63, 3.8) is 0 Å². The molecule has 1 amide bonds. The lowest BCUT2D eigenvalue weighted by atomic mass is 9.83. The molecule has 1 aliphatic rings. The molecule has 0 aliphatic heterocycles. The molecule has 2 heteroatoms. The normalized spacial score (nSPS) is 18.7. The van der Waals surface area contributed by atoms with Crippen LogP contribution in [0.1, 0.15) is 54.9 Å². The zero-order valence-corrected chi connectivity index (χ0v) is 10.8. The summed E-state index contributed by atoms with van der Waals surface area (Å²) in [5.74, 6) is 0.0643. The van der Waals surface area contributed by atoms with Gasteiger partial charge in [-0.3, -0.25) is 4.79 Å². The molecule has 92 valence electrons. The van der Waals surface area contributed by atoms with E-state index in [0.29, 0.717) is 0 Å². The lowest BCUT2D eigenvalue weighted by molar-refractivity contribution is 0.0882. The summed E-state index contributed by atoms with van der Waals surface area (Å²) in [4.78, 5) is 12.1. The van der Waals surface area contributed by atoms with Crippen molar-refractivity contribution < 1.29 is 4.79 Å². The second-order valence-electron chi connectivity index (χ2n) is 5.44. The zero-order chi connectivity index (χ0) is 12.3. The summed E-state index contributed by atoms with van der Waals surface area (Å²) in [6.45, 7) is 4.20. The van der Waals surface area contributed by atoms with E-state index in [0.717, 1.165) is 18.4 Å². The van der Waals surface area contributed by atoms with E-state index in [1.54, 1.807) is 0 Å². The standard InChI is InChI=1S/C15H21NO/c1-12-6-8-13(9-7-12)14(17)16-15(2)10-4-3-5-11-15/h6-9H,3-5,10-11H2,1-2H3,(H,16,17). The van der Waals surface area contributed by atoms with Crippen LogP contribution in [0.2, 0.25) is 0 Å². The van der Waals surface area contributed by atoms with E-state index in [1.807, 2.05) is 31.2 Å². The third kappa shape index (κ3) is 3.09. The van der Waals surface area contributed by atoms with Gasteiger partial charge in [-0.15, -0.1) is 0 Å². The van der Waals surface area contributed by atoms with Crippen molar-refractivity contribution in [2.75, 3.05) is 0 Å². The van der Waals surface area contributed by atoms with Crippen LogP contribution in [0.25, 0.3) is 0 Å². The minimum atomic E-state index is 0.000218. The smallest absolute Gasteiger partial charge is 0.251 e. The van der Waals surface area contributed by atoms with Crippen LogP contribution >= 0.6 is 0 Å². The number of hydrogen-bond acceptors (Lipinski definition) is 1. The van der Waals surface area contributed by atoms with Crippen molar-refractivity contribution in [2.45, 2.75) is 51.5 Å². The maximum Gasteiger partial charge on any atom is 0.251 e. The number of carbonyl (C=O) groups is 1. The van der Waals surface area contributed by atoms with E-state index in [1.165, 1.54) is 24.8 Å². The Morgan fingerprint density at radius 1 is 1.12 bits per heavy atom. The van der Waals surface area contributed by atoms with Crippen LogP contribution in [0.15, 0.2) is 24.3 Å². The van der Waals surface area contributed by atoms with E-state index < -0.39 is 0 Å². The molecular formula is C15H21NO. The molecule has 1 aliphatic carbocycles. The number of carbonyl (C=O) groups excluding carboxylic acids is 1. The Kier molecular flexibility index (Phi) is 3.51. The molecule has 17 heavy (non-hydrogen) atoms. The number of hydrogen-bond donors (Lipinski definition) is 1. The van der Waals surface area contributed by atoms with E-state index >= 15 is 0 Å². The van der Waals surface area contributed by atoms with Crippen LogP contribution in [0.5, 0.6) is 0 Å². The van der Waals surface area contributed by atoms with E-state index in [9.17, 15) is 4.79 Å². The summed E-state index contributed by atoms with van der Waals surface area (Å²) < 4.78 is 0. The lowest BCUT2D eigenvalue weighted by Gasteiger charge is -2.34. The number of aryl methyl sites for hydroxylation is 1. The largest absolute Gasteiger partial charge is 0.347 e. The van der Waals surface area contributed by atoms with Gasteiger partial charge in [0.2, 0.25) is 0 Å². The van der Waals surface area contributed by atoms with Gasteiger partial charge in [-0.25, -0.2) is 0 Å². The van der Waals surface area contributed by atoms with Gasteiger partial charge in [0.25, 0.3) is 5.91 Å². The molecule has 0 radical (unpaired) electrons. The summed E-state index contributed by atoms with van der Waals surface area (Å²) in [7, 11) is 0. The Balaban J connectivity index is 2.03. The van der Waals surface area contributed by atoms with E-state index in [4.69, 9.17) is 0 Å². The molecule has 0 bridgehead atoms. The highest BCUT2D eigenvalue weighted by Gasteiger charge is 2.28. The molecule has 2 rings (SSSR count). The highest BCUT2D eigenvalue weighted by Crippen LogP contribution is 2.27. The summed E-state index contributed by atoms with van der Waals surface area (Å²) in [6.07, 6.45) is 5.96. The Bertz CT molecular complexity index is 388. The van der Waals surface area contributed by atoms with Crippen LogP contribution in [0.4, 0.5) is 0 Å². The quantitative estimate of drug-likeness (QED) is 0.830. The van der Waals surface area contributed by atoms with Gasteiger partial charge in [-0.1, -0.05) is 37.0 Å². The third-order valence-corrected chi connectivity index (χ3v) is 3.69. The highest BCUT2D eigenvalue weighted by molar-refractivity contribution is 5.94. The first-order chi connectivity index (χ1) is 8.09. The van der Waals surface area contributed by atoms with Crippen LogP contribution in [0, 0.1) is 6.92 Å². The molecule has 0 atom stereocenters. The van der Waals surface area contributed by atoms with Gasteiger partial charge in [0.1, 0.15) is 0 Å². The molecule has 1 aromatic rings. The second-order valence-corrected chi connectivity index (χ2v) is 5.44. The molecule has 0 heterocycles. The monoisotopic (exact) mass is 231 g/mol. The lowest BCUT2D eigenvalue weighted by Crippen LogP contribution is -2.47. The van der Waals surface area contributed by atoms with Crippen LogP contribution in [-0.4, -0.2) is 11.4 Å². The van der Waals surface area contributed by atoms with Crippen molar-refractivity contribution in [1.82, 2.24) is 5.32 Å². The summed E-state index contributed by atoms with van der Waals surface area (Å²) in [5.41, 5.74) is 1.95. The van der Waals surface area contributed by atoms with Crippen molar-refractivity contribution in [1.29, 1.82) is 0 Å². The Labute approximate surface area is 103 Å². The Morgan fingerprint density at radius 3 is 2.29 bits per heavy atom. The van der Waals surface area contributed by atoms with E-state index in [2.05, 4.69) is 12.2 Å². The van der Waals surface area contributed by atoms with Gasteiger partial charge in [0.15, 0.2) is 0 Å². The molecule has 0 saturated heterocycles. The zero-order valence-electron chi connectivity index (χ0n) is 10.8. The average molecular weight is 231 g/mol. The van der Waals surface area contributed by atoms with Crippen LogP contribution in [-0.2, 0) is 0 Å².